The van der Waals surface area contributed by atoms with Gasteiger partial charge >= 0.3 is 6.09 Å². The van der Waals surface area contributed by atoms with E-state index in [0.717, 1.165) is 25.2 Å². The second-order valence-electron chi connectivity index (χ2n) is 4.99. The third kappa shape index (κ3) is 5.93. The van der Waals surface area contributed by atoms with Gasteiger partial charge in [0, 0.05) is 25.6 Å². The van der Waals surface area contributed by atoms with Crippen molar-refractivity contribution in [3.05, 3.63) is 0 Å². The van der Waals surface area contributed by atoms with E-state index in [2.05, 4.69) is 21.9 Å². The SMILES string of the molecule is CC#C/C(=N\OCCN1CC[C@@H](OC(N)=O)C1)C(C)C. The van der Waals surface area contributed by atoms with Gasteiger partial charge in [-0.25, -0.2) is 4.79 Å². The van der Waals surface area contributed by atoms with Crippen molar-refractivity contribution in [1.29, 1.82) is 0 Å². The number of carbonyl (C=O) groups excluding carboxylic acids is 1. The Balaban J connectivity index is 2.26. The van der Waals surface area contributed by atoms with Crippen molar-refractivity contribution >= 4 is 11.8 Å². The van der Waals surface area contributed by atoms with E-state index in [-0.39, 0.29) is 12.0 Å². The van der Waals surface area contributed by atoms with Crippen molar-refractivity contribution < 1.29 is 14.4 Å². The lowest BCUT2D eigenvalue weighted by atomic mass is 10.1. The largest absolute Gasteiger partial charge is 0.445 e. The highest BCUT2D eigenvalue weighted by Gasteiger charge is 2.24. The first kappa shape index (κ1) is 16.3. The van der Waals surface area contributed by atoms with Crippen LogP contribution >= 0.6 is 0 Å². The summed E-state index contributed by atoms with van der Waals surface area (Å²) in [6.07, 6.45) is -0.00398. The van der Waals surface area contributed by atoms with Crippen molar-refractivity contribution in [2.75, 3.05) is 26.2 Å². The molecule has 1 saturated heterocycles. The molecule has 1 atom stereocenters. The summed E-state index contributed by atoms with van der Waals surface area (Å²) in [4.78, 5) is 18.1. The maximum atomic E-state index is 10.6. The monoisotopic (exact) mass is 281 g/mol. The molecule has 1 aliphatic rings. The smallest absolute Gasteiger partial charge is 0.404 e. The number of rotatable bonds is 6. The summed E-state index contributed by atoms with van der Waals surface area (Å²) >= 11 is 0. The third-order valence-electron chi connectivity index (χ3n) is 2.97. The quantitative estimate of drug-likeness (QED) is 0.343. The molecule has 2 N–H and O–H groups in total. The predicted octanol–water partition coefficient (Wildman–Crippen LogP) is 1.21. The number of hydrogen-bond acceptors (Lipinski definition) is 5. The van der Waals surface area contributed by atoms with E-state index in [9.17, 15) is 4.79 Å². The van der Waals surface area contributed by atoms with E-state index >= 15 is 0 Å². The normalized spacial score (nSPS) is 19.6. The summed E-state index contributed by atoms with van der Waals surface area (Å²) in [7, 11) is 0. The van der Waals surface area contributed by atoms with Gasteiger partial charge in [0.2, 0.25) is 0 Å². The standard InChI is InChI=1S/C14H23N3O3/c1-4-5-13(11(2)3)16-19-9-8-17-7-6-12(10-17)20-14(15)18/h11-12H,6-10H2,1-3H3,(H2,15,18)/b16-13+/t12-/m1/s1. The van der Waals surface area contributed by atoms with E-state index in [1.165, 1.54) is 0 Å². The molecule has 0 aromatic carbocycles. The van der Waals surface area contributed by atoms with Crippen molar-refractivity contribution in [2.45, 2.75) is 33.3 Å². The minimum atomic E-state index is -0.711. The summed E-state index contributed by atoms with van der Waals surface area (Å²) in [6.45, 7) is 8.63. The number of likely N-dealkylation sites (tertiary alicyclic amines) is 1. The molecule has 6 nitrogen and oxygen atoms in total. The molecule has 0 saturated carbocycles. The average molecular weight is 281 g/mol. The van der Waals surface area contributed by atoms with Gasteiger partial charge in [-0.1, -0.05) is 24.9 Å². The zero-order valence-corrected chi connectivity index (χ0v) is 12.4. The van der Waals surface area contributed by atoms with Crippen LogP contribution in [0.1, 0.15) is 27.2 Å². The number of amides is 1. The number of nitrogens with zero attached hydrogens (tertiary/aromatic N) is 2. The van der Waals surface area contributed by atoms with Gasteiger partial charge in [-0.2, -0.15) is 0 Å². The molecule has 0 aliphatic carbocycles. The number of hydrogen-bond donors (Lipinski definition) is 1. The summed E-state index contributed by atoms with van der Waals surface area (Å²) in [6, 6.07) is 0. The Labute approximate surface area is 120 Å². The fraction of sp³-hybridized carbons (Fsp3) is 0.714. The molecule has 0 unspecified atom stereocenters. The minimum Gasteiger partial charge on any atom is -0.445 e. The summed E-state index contributed by atoms with van der Waals surface area (Å²) in [5.41, 5.74) is 5.75. The Morgan fingerprint density at radius 2 is 2.30 bits per heavy atom. The molecule has 1 fully saturated rings. The van der Waals surface area contributed by atoms with Crippen molar-refractivity contribution in [3.8, 4) is 11.8 Å². The third-order valence-corrected chi connectivity index (χ3v) is 2.97. The molecule has 1 rings (SSSR count). The lowest BCUT2D eigenvalue weighted by molar-refractivity contribution is 0.0959. The predicted molar refractivity (Wildman–Crippen MR) is 77.2 cm³/mol. The van der Waals surface area contributed by atoms with Crippen LogP contribution in [0.15, 0.2) is 5.16 Å². The molecule has 0 radical (unpaired) electrons. The lowest BCUT2D eigenvalue weighted by Gasteiger charge is -2.14. The summed E-state index contributed by atoms with van der Waals surface area (Å²) in [5, 5.41) is 4.05. The lowest BCUT2D eigenvalue weighted by Crippen LogP contribution is -2.29. The average Bonchev–Trinajstić information content (AvgIpc) is 2.79. The fourth-order valence-corrected chi connectivity index (χ4v) is 1.95. The first-order chi connectivity index (χ1) is 9.52. The molecule has 1 aliphatic heterocycles. The number of ether oxygens (including phenoxy) is 1. The van der Waals surface area contributed by atoms with Gasteiger partial charge < -0.3 is 15.3 Å². The van der Waals surface area contributed by atoms with E-state index < -0.39 is 6.09 Å². The molecule has 6 heteroatoms. The minimum absolute atomic E-state index is 0.104. The molecule has 1 amide bonds. The molecule has 112 valence electrons. The van der Waals surface area contributed by atoms with Crippen molar-refractivity contribution in [3.63, 3.8) is 0 Å². The van der Waals surface area contributed by atoms with Crippen molar-refractivity contribution in [1.82, 2.24) is 4.90 Å². The molecular formula is C14H23N3O3. The highest BCUT2D eigenvalue weighted by molar-refractivity contribution is 6.01. The highest BCUT2D eigenvalue weighted by atomic mass is 16.6. The molecule has 0 spiro atoms. The number of oxime groups is 1. The van der Waals surface area contributed by atoms with Gasteiger partial charge in [0.15, 0.2) is 0 Å². The Bertz CT molecular complexity index is 410. The second-order valence-corrected chi connectivity index (χ2v) is 4.99. The van der Waals surface area contributed by atoms with Gasteiger partial charge in [-0.15, -0.1) is 0 Å². The van der Waals surface area contributed by atoms with Crippen molar-refractivity contribution in [2.24, 2.45) is 16.8 Å². The molecule has 20 heavy (non-hydrogen) atoms. The molecule has 0 aromatic rings. The number of nitrogens with two attached hydrogens (primary N) is 1. The van der Waals surface area contributed by atoms with Gasteiger partial charge in [0.25, 0.3) is 0 Å². The molecule has 1 heterocycles. The number of primary amides is 1. The first-order valence-corrected chi connectivity index (χ1v) is 6.84. The highest BCUT2D eigenvalue weighted by Crippen LogP contribution is 2.12. The topological polar surface area (TPSA) is 77.2 Å². The zero-order valence-electron chi connectivity index (χ0n) is 12.4. The molecule has 0 aromatic heterocycles. The van der Waals surface area contributed by atoms with E-state index in [1.807, 2.05) is 13.8 Å². The van der Waals surface area contributed by atoms with Gasteiger partial charge in [0.1, 0.15) is 18.4 Å². The van der Waals surface area contributed by atoms with Gasteiger partial charge in [-0.3, -0.25) is 4.90 Å². The first-order valence-electron chi connectivity index (χ1n) is 6.84. The maximum absolute atomic E-state index is 10.6. The fourth-order valence-electron chi connectivity index (χ4n) is 1.95. The van der Waals surface area contributed by atoms with Crippen LogP contribution in [0.5, 0.6) is 0 Å². The van der Waals surface area contributed by atoms with Gasteiger partial charge in [-0.05, 0) is 19.3 Å². The summed E-state index contributed by atoms with van der Waals surface area (Å²) < 4.78 is 4.96. The van der Waals surface area contributed by atoms with Crippen LogP contribution in [0.4, 0.5) is 4.79 Å². The maximum Gasteiger partial charge on any atom is 0.404 e. The second kappa shape index (κ2) is 8.43. The Morgan fingerprint density at radius 3 is 2.90 bits per heavy atom. The van der Waals surface area contributed by atoms with Crippen LogP contribution in [-0.4, -0.2) is 49.0 Å². The van der Waals surface area contributed by atoms with Crippen LogP contribution < -0.4 is 5.73 Å². The van der Waals surface area contributed by atoms with Crippen LogP contribution in [-0.2, 0) is 9.57 Å². The van der Waals surface area contributed by atoms with Crippen LogP contribution in [0.3, 0.4) is 0 Å². The van der Waals surface area contributed by atoms with Crippen LogP contribution in [0.25, 0.3) is 0 Å². The van der Waals surface area contributed by atoms with E-state index in [1.54, 1.807) is 6.92 Å². The van der Waals surface area contributed by atoms with E-state index in [4.69, 9.17) is 15.3 Å². The van der Waals surface area contributed by atoms with Crippen LogP contribution in [0.2, 0.25) is 0 Å². The van der Waals surface area contributed by atoms with Crippen LogP contribution in [0, 0.1) is 17.8 Å². The Kier molecular flexibility index (Phi) is 6.88. The Hall–Kier alpha value is -1.74. The molecular weight excluding hydrogens is 258 g/mol. The number of carbonyl (C=O) groups is 1. The summed E-state index contributed by atoms with van der Waals surface area (Å²) in [5.74, 6) is 6.01. The molecule has 0 bridgehead atoms. The Morgan fingerprint density at radius 1 is 1.55 bits per heavy atom. The van der Waals surface area contributed by atoms with Gasteiger partial charge in [0.05, 0.1) is 0 Å². The van der Waals surface area contributed by atoms with E-state index in [0.29, 0.717) is 13.2 Å². The zero-order chi connectivity index (χ0) is 15.0.